The Bertz CT molecular complexity index is 422. The van der Waals surface area contributed by atoms with Crippen molar-refractivity contribution >= 4 is 50.8 Å². The normalized spacial score (nSPS) is 12.0. The van der Waals surface area contributed by atoms with E-state index < -0.39 is 17.3 Å². The molecule has 1 N–H and O–H groups in total. The molecule has 0 aliphatic heterocycles. The van der Waals surface area contributed by atoms with E-state index in [1.54, 1.807) is 18.4 Å². The standard InChI is InChI=1S/C10H12BrClN2O2S/c1-6(12)9(15)13-10(16)14(2)4-7-3-8(11)17-5-7/h3,5-6H,4H2,1-2H3,(H,13,15,16). The lowest BCUT2D eigenvalue weighted by atomic mass is 10.3. The van der Waals surface area contributed by atoms with E-state index in [2.05, 4.69) is 21.2 Å². The van der Waals surface area contributed by atoms with Crippen LogP contribution in [0.15, 0.2) is 15.2 Å². The third-order valence-electron chi connectivity index (χ3n) is 1.98. The highest BCUT2D eigenvalue weighted by Gasteiger charge is 2.16. The van der Waals surface area contributed by atoms with Gasteiger partial charge in [0.1, 0.15) is 5.38 Å². The van der Waals surface area contributed by atoms with Crippen LogP contribution in [0.2, 0.25) is 0 Å². The molecule has 0 aromatic carbocycles. The fourth-order valence-corrected chi connectivity index (χ4v) is 2.33. The fourth-order valence-electron chi connectivity index (χ4n) is 1.07. The van der Waals surface area contributed by atoms with Crippen molar-refractivity contribution in [3.05, 3.63) is 20.8 Å². The summed E-state index contributed by atoms with van der Waals surface area (Å²) in [6.45, 7) is 1.96. The maximum absolute atomic E-state index is 11.6. The highest BCUT2D eigenvalue weighted by atomic mass is 79.9. The van der Waals surface area contributed by atoms with Gasteiger partial charge in [-0.05, 0) is 39.9 Å². The quantitative estimate of drug-likeness (QED) is 0.861. The first-order valence-corrected chi connectivity index (χ1v) is 6.94. The zero-order valence-electron chi connectivity index (χ0n) is 9.37. The minimum Gasteiger partial charge on any atom is -0.323 e. The van der Waals surface area contributed by atoms with Gasteiger partial charge in [-0.15, -0.1) is 22.9 Å². The molecule has 1 aromatic rings. The molecule has 0 radical (unpaired) electrons. The largest absolute Gasteiger partial charge is 0.324 e. The number of carbonyl (C=O) groups is 2. The topological polar surface area (TPSA) is 49.4 Å². The third kappa shape index (κ3) is 4.65. The third-order valence-corrected chi connectivity index (χ3v) is 3.73. The Balaban J connectivity index is 2.50. The van der Waals surface area contributed by atoms with E-state index in [0.29, 0.717) is 6.54 Å². The van der Waals surface area contributed by atoms with Crippen LogP contribution in [0.4, 0.5) is 4.79 Å². The molecule has 1 heterocycles. The summed E-state index contributed by atoms with van der Waals surface area (Å²) in [5, 5.41) is 3.44. The minimum atomic E-state index is -0.720. The monoisotopic (exact) mass is 338 g/mol. The second kappa shape index (κ2) is 6.37. The Morgan fingerprint density at radius 2 is 2.29 bits per heavy atom. The molecule has 0 bridgehead atoms. The maximum Gasteiger partial charge on any atom is 0.324 e. The van der Waals surface area contributed by atoms with Crippen LogP contribution in [0.25, 0.3) is 0 Å². The van der Waals surface area contributed by atoms with Gasteiger partial charge >= 0.3 is 6.03 Å². The zero-order chi connectivity index (χ0) is 13.0. The molecule has 94 valence electrons. The van der Waals surface area contributed by atoms with Crippen molar-refractivity contribution in [2.75, 3.05) is 7.05 Å². The van der Waals surface area contributed by atoms with Gasteiger partial charge in [0, 0.05) is 13.6 Å². The SMILES string of the molecule is CC(Cl)C(=O)NC(=O)N(C)Cc1csc(Br)c1. The van der Waals surface area contributed by atoms with E-state index in [1.807, 2.05) is 11.4 Å². The smallest absolute Gasteiger partial charge is 0.323 e. The molecule has 0 saturated carbocycles. The number of nitrogens with zero attached hydrogens (tertiary/aromatic N) is 1. The molecule has 7 heteroatoms. The average molecular weight is 340 g/mol. The van der Waals surface area contributed by atoms with Crippen LogP contribution in [-0.4, -0.2) is 29.3 Å². The van der Waals surface area contributed by atoms with Crippen LogP contribution < -0.4 is 5.32 Å². The highest BCUT2D eigenvalue weighted by molar-refractivity contribution is 9.11. The number of carbonyl (C=O) groups excluding carboxylic acids is 2. The summed E-state index contributed by atoms with van der Waals surface area (Å²) in [6.07, 6.45) is 0. The number of thiophene rings is 1. The van der Waals surface area contributed by atoms with Gasteiger partial charge in [-0.3, -0.25) is 10.1 Å². The lowest BCUT2D eigenvalue weighted by molar-refractivity contribution is -0.119. The highest BCUT2D eigenvalue weighted by Crippen LogP contribution is 2.21. The summed E-state index contributed by atoms with van der Waals surface area (Å²) in [6, 6.07) is 1.48. The molecule has 1 atom stereocenters. The summed E-state index contributed by atoms with van der Waals surface area (Å²) >= 11 is 10.4. The minimum absolute atomic E-state index is 0.442. The van der Waals surface area contributed by atoms with Crippen LogP contribution in [0.3, 0.4) is 0 Å². The molecule has 1 rings (SSSR count). The van der Waals surface area contributed by atoms with Crippen molar-refractivity contribution in [1.82, 2.24) is 10.2 Å². The molecule has 3 amide bonds. The van der Waals surface area contributed by atoms with Crippen LogP contribution >= 0.6 is 38.9 Å². The zero-order valence-corrected chi connectivity index (χ0v) is 12.5. The number of hydrogen-bond donors (Lipinski definition) is 1. The lowest BCUT2D eigenvalue weighted by Gasteiger charge is -2.17. The van der Waals surface area contributed by atoms with E-state index in [0.717, 1.165) is 9.35 Å². The van der Waals surface area contributed by atoms with Crippen molar-refractivity contribution < 1.29 is 9.59 Å². The van der Waals surface area contributed by atoms with Crippen molar-refractivity contribution in [2.24, 2.45) is 0 Å². The average Bonchev–Trinajstić information content (AvgIpc) is 2.63. The van der Waals surface area contributed by atoms with E-state index in [1.165, 1.54) is 11.8 Å². The number of nitrogens with one attached hydrogen (secondary N) is 1. The fraction of sp³-hybridized carbons (Fsp3) is 0.400. The van der Waals surface area contributed by atoms with Gasteiger partial charge in [0.05, 0.1) is 3.79 Å². The van der Waals surface area contributed by atoms with Crippen LogP contribution in [0.1, 0.15) is 12.5 Å². The summed E-state index contributed by atoms with van der Waals surface area (Å²) < 4.78 is 1.01. The Labute approximate surface area is 117 Å². The van der Waals surface area contributed by atoms with Crippen molar-refractivity contribution in [2.45, 2.75) is 18.8 Å². The first kappa shape index (κ1) is 14.5. The first-order valence-electron chi connectivity index (χ1n) is 4.83. The van der Waals surface area contributed by atoms with E-state index in [-0.39, 0.29) is 0 Å². The molecule has 1 aromatic heterocycles. The maximum atomic E-state index is 11.6. The molecular formula is C10H12BrClN2O2S. The predicted molar refractivity (Wildman–Crippen MR) is 72.3 cm³/mol. The second-order valence-electron chi connectivity index (χ2n) is 3.53. The molecule has 4 nitrogen and oxygen atoms in total. The number of hydrogen-bond acceptors (Lipinski definition) is 3. The molecule has 0 spiro atoms. The number of halogens is 2. The number of amides is 3. The molecule has 0 aliphatic carbocycles. The molecule has 0 saturated heterocycles. The van der Waals surface area contributed by atoms with Gasteiger partial charge in [-0.2, -0.15) is 0 Å². The second-order valence-corrected chi connectivity index (χ2v) is 6.47. The van der Waals surface area contributed by atoms with Gasteiger partial charge < -0.3 is 4.90 Å². The molecule has 0 aliphatic rings. The number of urea groups is 1. The van der Waals surface area contributed by atoms with Gasteiger partial charge in [0.25, 0.3) is 0 Å². The summed E-state index contributed by atoms with van der Waals surface area (Å²) in [5.74, 6) is -0.491. The van der Waals surface area contributed by atoms with Gasteiger partial charge in [0.15, 0.2) is 0 Å². The van der Waals surface area contributed by atoms with E-state index in [9.17, 15) is 9.59 Å². The molecule has 1 unspecified atom stereocenters. The summed E-state index contributed by atoms with van der Waals surface area (Å²) in [4.78, 5) is 24.2. The molecular weight excluding hydrogens is 328 g/mol. The Kier molecular flexibility index (Phi) is 5.42. The number of imide groups is 1. The van der Waals surface area contributed by atoms with Crippen LogP contribution in [0, 0.1) is 0 Å². The summed E-state index contributed by atoms with van der Waals surface area (Å²) in [7, 11) is 1.62. The lowest BCUT2D eigenvalue weighted by Crippen LogP contribution is -2.42. The van der Waals surface area contributed by atoms with Gasteiger partial charge in [-0.1, -0.05) is 0 Å². The van der Waals surface area contributed by atoms with Crippen molar-refractivity contribution in [3.8, 4) is 0 Å². The van der Waals surface area contributed by atoms with Gasteiger partial charge in [-0.25, -0.2) is 4.79 Å². The van der Waals surface area contributed by atoms with Crippen LogP contribution in [-0.2, 0) is 11.3 Å². The Morgan fingerprint density at radius 1 is 1.65 bits per heavy atom. The Morgan fingerprint density at radius 3 is 2.76 bits per heavy atom. The first-order chi connectivity index (χ1) is 7.90. The van der Waals surface area contributed by atoms with Crippen LogP contribution in [0.5, 0.6) is 0 Å². The summed E-state index contributed by atoms with van der Waals surface area (Å²) in [5.41, 5.74) is 1.01. The van der Waals surface area contributed by atoms with E-state index in [4.69, 9.17) is 11.6 Å². The Hall–Kier alpha value is -0.590. The van der Waals surface area contributed by atoms with Gasteiger partial charge in [0.2, 0.25) is 5.91 Å². The number of alkyl halides is 1. The molecule has 0 fully saturated rings. The van der Waals surface area contributed by atoms with Crippen molar-refractivity contribution in [3.63, 3.8) is 0 Å². The van der Waals surface area contributed by atoms with E-state index >= 15 is 0 Å². The predicted octanol–water partition coefficient (Wildman–Crippen LogP) is 2.81. The van der Waals surface area contributed by atoms with Crippen molar-refractivity contribution in [1.29, 1.82) is 0 Å². The number of rotatable bonds is 3. The molecule has 17 heavy (non-hydrogen) atoms.